The highest BCUT2D eigenvalue weighted by Gasteiger charge is 2.42. The van der Waals surface area contributed by atoms with Gasteiger partial charge in [-0.15, -0.1) is 0 Å². The summed E-state index contributed by atoms with van der Waals surface area (Å²) >= 11 is 0. The van der Waals surface area contributed by atoms with Crippen LogP contribution in [-0.4, -0.2) is 43.8 Å². The van der Waals surface area contributed by atoms with Crippen molar-refractivity contribution in [2.45, 2.75) is 76.7 Å². The Morgan fingerprint density at radius 2 is 1.66 bits per heavy atom. The molecule has 41 heavy (non-hydrogen) atoms. The van der Waals surface area contributed by atoms with Gasteiger partial charge in [-0.05, 0) is 87.3 Å². The van der Waals surface area contributed by atoms with E-state index in [1.165, 1.54) is 0 Å². The van der Waals surface area contributed by atoms with Crippen LogP contribution in [0.1, 0.15) is 81.8 Å². The van der Waals surface area contributed by atoms with Crippen LogP contribution >= 0.6 is 0 Å². The van der Waals surface area contributed by atoms with E-state index < -0.39 is 11.9 Å². The number of methoxy groups -OCH3 is 2. The van der Waals surface area contributed by atoms with Crippen LogP contribution in [0.25, 0.3) is 0 Å². The Labute approximate surface area is 241 Å². The number of carbonyl (C=O) groups is 2. The number of nitrogens with one attached hydrogen (secondary N) is 1. The lowest BCUT2D eigenvalue weighted by Gasteiger charge is -2.37. The highest BCUT2D eigenvalue weighted by molar-refractivity contribution is 6.04. The lowest BCUT2D eigenvalue weighted by molar-refractivity contribution is -0.146. The normalized spacial score (nSPS) is 21.2. The molecule has 0 bridgehead atoms. The van der Waals surface area contributed by atoms with Gasteiger partial charge in [0.15, 0.2) is 28.8 Å². The summed E-state index contributed by atoms with van der Waals surface area (Å²) in [6.07, 6.45) is 5.69. The number of benzene rings is 2. The van der Waals surface area contributed by atoms with Crippen LogP contribution in [0.15, 0.2) is 58.9 Å². The van der Waals surface area contributed by atoms with Gasteiger partial charge >= 0.3 is 5.97 Å². The molecule has 2 N–H and O–H groups in total. The number of hydrogen-bond acceptors (Lipinski definition) is 8. The number of Topliss-reactive ketones (excluding diaryl/α,β-unsaturated/α-hetero) is 1. The maximum Gasteiger partial charge on any atom is 0.337 e. The number of phenolic OH excluding ortho intramolecular Hbond substituents is 1. The molecule has 8 nitrogen and oxygen atoms in total. The van der Waals surface area contributed by atoms with Crippen LogP contribution in [0.2, 0.25) is 0 Å². The fourth-order valence-corrected chi connectivity index (χ4v) is 6.36. The number of ether oxygens (including phenoxy) is 4. The summed E-state index contributed by atoms with van der Waals surface area (Å²) in [5, 5.41) is 13.8. The Morgan fingerprint density at radius 3 is 2.37 bits per heavy atom. The molecule has 1 fully saturated rings. The van der Waals surface area contributed by atoms with E-state index in [-0.39, 0.29) is 30.0 Å². The molecule has 0 aromatic heterocycles. The third kappa shape index (κ3) is 5.78. The monoisotopic (exact) mass is 561 g/mol. The minimum absolute atomic E-state index is 0.00857. The average molecular weight is 562 g/mol. The van der Waals surface area contributed by atoms with Crippen LogP contribution in [-0.2, 0) is 14.3 Å². The van der Waals surface area contributed by atoms with E-state index >= 15 is 0 Å². The van der Waals surface area contributed by atoms with Gasteiger partial charge in [-0.25, -0.2) is 4.79 Å². The minimum atomic E-state index is -0.638. The smallest absolute Gasteiger partial charge is 0.337 e. The topological polar surface area (TPSA) is 103 Å². The zero-order chi connectivity index (χ0) is 29.1. The molecule has 2 aromatic carbocycles. The van der Waals surface area contributed by atoms with Crippen LogP contribution in [0.3, 0.4) is 0 Å². The van der Waals surface area contributed by atoms with Gasteiger partial charge in [-0.2, -0.15) is 0 Å². The molecule has 5 rings (SSSR count). The van der Waals surface area contributed by atoms with Crippen molar-refractivity contribution < 1.29 is 33.6 Å². The van der Waals surface area contributed by atoms with E-state index in [4.69, 9.17) is 18.9 Å². The van der Waals surface area contributed by atoms with Crippen molar-refractivity contribution in [2.24, 2.45) is 0 Å². The van der Waals surface area contributed by atoms with E-state index in [0.29, 0.717) is 52.7 Å². The van der Waals surface area contributed by atoms with Crippen molar-refractivity contribution >= 4 is 11.8 Å². The van der Waals surface area contributed by atoms with Crippen molar-refractivity contribution in [3.05, 3.63) is 70.1 Å². The van der Waals surface area contributed by atoms with Gasteiger partial charge in [-0.3, -0.25) is 4.79 Å². The minimum Gasteiger partial charge on any atom is -0.504 e. The quantitative estimate of drug-likeness (QED) is 0.376. The van der Waals surface area contributed by atoms with Gasteiger partial charge in [0.05, 0.1) is 26.4 Å². The summed E-state index contributed by atoms with van der Waals surface area (Å²) in [4.78, 5) is 27.8. The summed E-state index contributed by atoms with van der Waals surface area (Å²) in [5.74, 6) is 0.417. The lowest BCUT2D eigenvalue weighted by Crippen LogP contribution is -2.37. The van der Waals surface area contributed by atoms with Crippen molar-refractivity contribution in [3.8, 4) is 23.0 Å². The van der Waals surface area contributed by atoms with Gasteiger partial charge in [0.2, 0.25) is 0 Å². The molecule has 1 aliphatic heterocycles. The highest BCUT2D eigenvalue weighted by Crippen LogP contribution is 2.47. The van der Waals surface area contributed by atoms with Crippen LogP contribution in [0.4, 0.5) is 0 Å². The second-order valence-electron chi connectivity index (χ2n) is 11.0. The first-order valence-electron chi connectivity index (χ1n) is 14.5. The summed E-state index contributed by atoms with van der Waals surface area (Å²) in [7, 11) is 3.19. The molecule has 0 amide bonds. The molecule has 0 saturated heterocycles. The second-order valence-corrected chi connectivity index (χ2v) is 11.0. The number of allylic oxidation sites excluding steroid dienone is 3. The molecule has 1 saturated carbocycles. The third-order valence-corrected chi connectivity index (χ3v) is 8.37. The fourth-order valence-electron chi connectivity index (χ4n) is 6.36. The molecular weight excluding hydrogens is 522 g/mol. The van der Waals surface area contributed by atoms with E-state index in [0.717, 1.165) is 43.4 Å². The van der Waals surface area contributed by atoms with Crippen LogP contribution in [0.5, 0.6) is 23.0 Å². The predicted molar refractivity (Wildman–Crippen MR) is 154 cm³/mol. The largest absolute Gasteiger partial charge is 0.504 e. The molecule has 0 spiro atoms. The molecule has 8 heteroatoms. The zero-order valence-corrected chi connectivity index (χ0v) is 24.2. The van der Waals surface area contributed by atoms with Crippen molar-refractivity contribution in [1.29, 1.82) is 0 Å². The lowest BCUT2D eigenvalue weighted by atomic mass is 9.71. The first-order chi connectivity index (χ1) is 19.8. The Kier molecular flexibility index (Phi) is 8.57. The summed E-state index contributed by atoms with van der Waals surface area (Å²) in [5.41, 5.74) is 4.14. The Morgan fingerprint density at radius 1 is 0.951 bits per heavy atom. The first kappa shape index (κ1) is 28.6. The number of aromatic hydroxyl groups is 1. The Bertz CT molecular complexity index is 1390. The number of ketones is 1. The molecular formula is C33H39NO7. The zero-order valence-electron chi connectivity index (χ0n) is 24.2. The Hall–Kier alpha value is -3.94. The van der Waals surface area contributed by atoms with Gasteiger partial charge in [0, 0.05) is 29.3 Å². The third-order valence-electron chi connectivity index (χ3n) is 8.37. The van der Waals surface area contributed by atoms with E-state index in [2.05, 4.69) is 5.32 Å². The number of rotatable bonds is 8. The summed E-state index contributed by atoms with van der Waals surface area (Å²) in [6, 6.07) is 10.8. The highest BCUT2D eigenvalue weighted by atomic mass is 16.5. The SMILES string of the molecule is CCOc1cc([C@@H]2C(C(=O)OC3CCCCC3)=C(C)NC3=C2C(=O)C[C@H](c2ccc(OC)c(OC)c2)C3)ccc1O. The maximum absolute atomic E-state index is 14.0. The first-order valence-corrected chi connectivity index (χ1v) is 14.5. The molecule has 1 heterocycles. The van der Waals surface area contributed by atoms with Crippen molar-refractivity contribution in [2.75, 3.05) is 20.8 Å². The van der Waals surface area contributed by atoms with Crippen LogP contribution in [0, 0.1) is 0 Å². The molecule has 218 valence electrons. The van der Waals surface area contributed by atoms with Crippen molar-refractivity contribution in [3.63, 3.8) is 0 Å². The second kappa shape index (κ2) is 12.3. The molecule has 3 aliphatic rings. The van der Waals surface area contributed by atoms with Gasteiger partial charge in [0.25, 0.3) is 0 Å². The standard InChI is InChI=1S/C33H39NO7/c1-5-40-28-18-21(11-13-25(28)35)31-30(33(37)41-23-9-7-6-8-10-23)19(2)34-24-15-22(16-26(36)32(24)31)20-12-14-27(38-3)29(17-20)39-4/h11-14,17-18,22-23,31,34-35H,5-10,15-16H2,1-4H3/t22-,31-/m1/s1. The number of hydrogen-bond donors (Lipinski definition) is 2. The van der Waals surface area contributed by atoms with E-state index in [1.807, 2.05) is 32.0 Å². The van der Waals surface area contributed by atoms with E-state index in [1.54, 1.807) is 32.4 Å². The van der Waals surface area contributed by atoms with Crippen molar-refractivity contribution in [1.82, 2.24) is 5.32 Å². The fraction of sp³-hybridized carbons (Fsp3) is 0.455. The predicted octanol–water partition coefficient (Wildman–Crippen LogP) is 6.05. The van der Waals surface area contributed by atoms with Crippen LogP contribution < -0.4 is 19.5 Å². The molecule has 0 radical (unpaired) electrons. The number of phenols is 1. The van der Waals surface area contributed by atoms with E-state index in [9.17, 15) is 14.7 Å². The van der Waals surface area contributed by atoms with Gasteiger partial charge in [0.1, 0.15) is 6.10 Å². The number of dihydropyridines is 1. The van der Waals surface area contributed by atoms with Gasteiger partial charge < -0.3 is 29.4 Å². The molecule has 0 unspecified atom stereocenters. The number of esters is 1. The average Bonchev–Trinajstić information content (AvgIpc) is 2.97. The Balaban J connectivity index is 1.55. The summed E-state index contributed by atoms with van der Waals surface area (Å²) in [6.45, 7) is 4.07. The van der Waals surface area contributed by atoms with Gasteiger partial charge in [-0.1, -0.05) is 18.6 Å². The molecule has 2 atom stereocenters. The maximum atomic E-state index is 14.0. The molecule has 2 aliphatic carbocycles. The number of carbonyl (C=O) groups excluding carboxylic acids is 2. The molecule has 2 aromatic rings. The summed E-state index contributed by atoms with van der Waals surface area (Å²) < 4.78 is 22.6.